The summed E-state index contributed by atoms with van der Waals surface area (Å²) >= 11 is 0. The van der Waals surface area contributed by atoms with Gasteiger partial charge in [0, 0.05) is 12.6 Å². The highest BCUT2D eigenvalue weighted by atomic mass is 16.5. The van der Waals surface area contributed by atoms with Crippen molar-refractivity contribution in [2.24, 2.45) is 5.92 Å². The van der Waals surface area contributed by atoms with Crippen LogP contribution >= 0.6 is 0 Å². The number of para-hydroxylation sites is 1. The van der Waals surface area contributed by atoms with E-state index in [1.807, 2.05) is 37.3 Å². The second-order valence-corrected chi connectivity index (χ2v) is 6.00. The van der Waals surface area contributed by atoms with Gasteiger partial charge in [-0.3, -0.25) is 0 Å². The van der Waals surface area contributed by atoms with Crippen LogP contribution in [-0.2, 0) is 0 Å². The average Bonchev–Trinajstić information content (AvgIpc) is 2.55. The number of urea groups is 1. The molecule has 22 heavy (non-hydrogen) atoms. The number of ether oxygens (including phenoxy) is 1. The Morgan fingerprint density at radius 2 is 1.95 bits per heavy atom. The largest absolute Gasteiger partial charge is 0.489 e. The van der Waals surface area contributed by atoms with E-state index < -0.39 is 0 Å². The summed E-state index contributed by atoms with van der Waals surface area (Å²) in [5.41, 5.74) is 0. The molecule has 1 saturated carbocycles. The van der Waals surface area contributed by atoms with Gasteiger partial charge in [0.15, 0.2) is 0 Å². The van der Waals surface area contributed by atoms with Crippen molar-refractivity contribution in [3.8, 4) is 5.75 Å². The van der Waals surface area contributed by atoms with E-state index in [0.717, 1.165) is 31.4 Å². The Labute approximate surface area is 132 Å². The van der Waals surface area contributed by atoms with E-state index in [1.54, 1.807) is 0 Å². The molecule has 0 aromatic heterocycles. The molecule has 122 valence electrons. The molecule has 3 N–H and O–H groups in total. The Morgan fingerprint density at radius 3 is 2.59 bits per heavy atom. The average molecular weight is 306 g/mol. The van der Waals surface area contributed by atoms with Gasteiger partial charge in [-0.25, -0.2) is 4.79 Å². The summed E-state index contributed by atoms with van der Waals surface area (Å²) in [6.45, 7) is 2.65. The zero-order chi connectivity index (χ0) is 15.8. The van der Waals surface area contributed by atoms with Gasteiger partial charge in [0.05, 0.1) is 6.54 Å². The lowest BCUT2D eigenvalue weighted by Gasteiger charge is -2.28. The number of aliphatic hydroxyl groups is 1. The molecule has 1 aliphatic carbocycles. The SMILES string of the molecule is CC(CNC(=O)NC1CCC(CO)CC1)Oc1ccccc1. The van der Waals surface area contributed by atoms with Crippen molar-refractivity contribution < 1.29 is 14.6 Å². The summed E-state index contributed by atoms with van der Waals surface area (Å²) in [5, 5.41) is 15.0. The zero-order valence-corrected chi connectivity index (χ0v) is 13.1. The van der Waals surface area contributed by atoms with Crippen LogP contribution in [0.2, 0.25) is 0 Å². The number of aliphatic hydroxyl groups excluding tert-OH is 1. The molecule has 0 aliphatic heterocycles. The van der Waals surface area contributed by atoms with Crippen LogP contribution < -0.4 is 15.4 Å². The van der Waals surface area contributed by atoms with E-state index >= 15 is 0 Å². The van der Waals surface area contributed by atoms with Gasteiger partial charge in [0.1, 0.15) is 11.9 Å². The van der Waals surface area contributed by atoms with Gasteiger partial charge in [0.2, 0.25) is 0 Å². The minimum Gasteiger partial charge on any atom is -0.489 e. The van der Waals surface area contributed by atoms with Crippen LogP contribution in [0.3, 0.4) is 0 Å². The number of carbonyl (C=O) groups excluding carboxylic acids is 1. The van der Waals surface area contributed by atoms with Crippen LogP contribution in [0.4, 0.5) is 4.79 Å². The summed E-state index contributed by atoms with van der Waals surface area (Å²) in [4.78, 5) is 11.9. The number of hydrogen-bond donors (Lipinski definition) is 3. The molecule has 0 bridgehead atoms. The van der Waals surface area contributed by atoms with Gasteiger partial charge >= 0.3 is 6.03 Å². The van der Waals surface area contributed by atoms with Crippen molar-refractivity contribution in [2.45, 2.75) is 44.8 Å². The molecule has 5 nitrogen and oxygen atoms in total. The molecular weight excluding hydrogens is 280 g/mol. The fraction of sp³-hybridized carbons (Fsp3) is 0.588. The Kier molecular flexibility index (Phi) is 6.52. The Balaban J connectivity index is 1.63. The van der Waals surface area contributed by atoms with E-state index in [0.29, 0.717) is 12.5 Å². The lowest BCUT2D eigenvalue weighted by molar-refractivity contribution is 0.173. The number of benzene rings is 1. The monoisotopic (exact) mass is 306 g/mol. The molecule has 5 heteroatoms. The predicted octanol–water partition coefficient (Wildman–Crippen LogP) is 2.30. The summed E-state index contributed by atoms with van der Waals surface area (Å²) < 4.78 is 5.71. The number of amides is 2. The molecule has 2 amide bonds. The van der Waals surface area contributed by atoms with Crippen molar-refractivity contribution in [3.63, 3.8) is 0 Å². The Bertz CT molecular complexity index is 444. The molecule has 1 unspecified atom stereocenters. The Morgan fingerprint density at radius 1 is 1.27 bits per heavy atom. The third kappa shape index (κ3) is 5.56. The highest BCUT2D eigenvalue weighted by Gasteiger charge is 2.21. The maximum Gasteiger partial charge on any atom is 0.315 e. The zero-order valence-electron chi connectivity index (χ0n) is 13.1. The van der Waals surface area contributed by atoms with Gasteiger partial charge in [-0.15, -0.1) is 0 Å². The van der Waals surface area contributed by atoms with Crippen molar-refractivity contribution >= 4 is 6.03 Å². The number of nitrogens with one attached hydrogen (secondary N) is 2. The third-order valence-electron chi connectivity index (χ3n) is 4.07. The van der Waals surface area contributed by atoms with Crippen LogP contribution in [-0.4, -0.2) is 36.4 Å². The number of hydrogen-bond acceptors (Lipinski definition) is 3. The van der Waals surface area contributed by atoms with Gasteiger partial charge in [-0.1, -0.05) is 18.2 Å². The second-order valence-electron chi connectivity index (χ2n) is 6.00. The maximum absolute atomic E-state index is 11.9. The molecule has 0 radical (unpaired) electrons. The first-order valence-corrected chi connectivity index (χ1v) is 8.04. The first-order valence-electron chi connectivity index (χ1n) is 8.04. The molecule has 0 spiro atoms. The molecule has 1 aromatic carbocycles. The Hall–Kier alpha value is -1.75. The van der Waals surface area contributed by atoms with Crippen molar-refractivity contribution in [1.82, 2.24) is 10.6 Å². The molecule has 1 fully saturated rings. The quantitative estimate of drug-likeness (QED) is 0.755. The van der Waals surface area contributed by atoms with E-state index in [-0.39, 0.29) is 24.8 Å². The standard InChI is InChI=1S/C17H26N2O3/c1-13(22-16-5-3-2-4-6-16)11-18-17(21)19-15-9-7-14(12-20)8-10-15/h2-6,13-15,20H,7-12H2,1H3,(H2,18,19,21). The number of carbonyl (C=O) groups is 1. The van der Waals surface area contributed by atoms with Gasteiger partial charge < -0.3 is 20.5 Å². The van der Waals surface area contributed by atoms with Crippen LogP contribution in [0.25, 0.3) is 0 Å². The van der Waals surface area contributed by atoms with E-state index in [4.69, 9.17) is 9.84 Å². The van der Waals surface area contributed by atoms with E-state index in [2.05, 4.69) is 10.6 Å². The fourth-order valence-electron chi connectivity index (χ4n) is 2.74. The van der Waals surface area contributed by atoms with Crippen LogP contribution in [0.15, 0.2) is 30.3 Å². The van der Waals surface area contributed by atoms with Crippen molar-refractivity contribution in [2.75, 3.05) is 13.2 Å². The lowest BCUT2D eigenvalue weighted by atomic mass is 9.87. The van der Waals surface area contributed by atoms with Gasteiger partial charge in [0.25, 0.3) is 0 Å². The summed E-state index contributed by atoms with van der Waals surface area (Å²) in [7, 11) is 0. The second kappa shape index (κ2) is 8.63. The van der Waals surface area contributed by atoms with E-state index in [9.17, 15) is 4.79 Å². The molecular formula is C17H26N2O3. The lowest BCUT2D eigenvalue weighted by Crippen LogP contribution is -2.46. The van der Waals surface area contributed by atoms with Crippen molar-refractivity contribution in [1.29, 1.82) is 0 Å². The fourth-order valence-corrected chi connectivity index (χ4v) is 2.74. The maximum atomic E-state index is 11.9. The predicted molar refractivity (Wildman–Crippen MR) is 85.9 cm³/mol. The normalized spacial score (nSPS) is 22.6. The van der Waals surface area contributed by atoms with Gasteiger partial charge in [-0.05, 0) is 50.7 Å². The summed E-state index contributed by atoms with van der Waals surface area (Å²) in [6.07, 6.45) is 3.76. The topological polar surface area (TPSA) is 70.6 Å². The molecule has 1 atom stereocenters. The van der Waals surface area contributed by atoms with Crippen LogP contribution in [0, 0.1) is 5.92 Å². The first-order chi connectivity index (χ1) is 10.7. The highest BCUT2D eigenvalue weighted by Crippen LogP contribution is 2.23. The molecule has 0 heterocycles. The minimum absolute atomic E-state index is 0.0849. The summed E-state index contributed by atoms with van der Waals surface area (Å²) in [5.74, 6) is 1.21. The third-order valence-corrected chi connectivity index (χ3v) is 4.07. The van der Waals surface area contributed by atoms with E-state index in [1.165, 1.54) is 0 Å². The van der Waals surface area contributed by atoms with Gasteiger partial charge in [-0.2, -0.15) is 0 Å². The molecule has 2 rings (SSSR count). The first kappa shape index (κ1) is 16.6. The molecule has 1 aromatic rings. The number of rotatable bonds is 6. The molecule has 0 saturated heterocycles. The molecule has 1 aliphatic rings. The minimum atomic E-state index is -0.143. The van der Waals surface area contributed by atoms with Crippen LogP contribution in [0.5, 0.6) is 5.75 Å². The summed E-state index contributed by atoms with van der Waals surface area (Å²) in [6, 6.07) is 9.65. The van der Waals surface area contributed by atoms with Crippen LogP contribution in [0.1, 0.15) is 32.6 Å². The highest BCUT2D eigenvalue weighted by molar-refractivity contribution is 5.74. The van der Waals surface area contributed by atoms with Crippen molar-refractivity contribution in [3.05, 3.63) is 30.3 Å². The smallest absolute Gasteiger partial charge is 0.315 e.